The number of carbonyl (C=O) groups excluding carboxylic acids is 1. The van der Waals surface area contributed by atoms with Crippen molar-refractivity contribution < 1.29 is 9.90 Å². The van der Waals surface area contributed by atoms with Crippen LogP contribution < -0.4 is 10.6 Å². The van der Waals surface area contributed by atoms with E-state index in [0.717, 1.165) is 5.56 Å². The van der Waals surface area contributed by atoms with Crippen molar-refractivity contribution in [2.24, 2.45) is 0 Å². The summed E-state index contributed by atoms with van der Waals surface area (Å²) >= 11 is 1.54. The fraction of sp³-hybridized carbons (Fsp3) is 0.417. The van der Waals surface area contributed by atoms with Crippen LogP contribution in [0.25, 0.3) is 0 Å². The van der Waals surface area contributed by atoms with Crippen LogP contribution in [0.15, 0.2) is 29.5 Å². The van der Waals surface area contributed by atoms with Gasteiger partial charge in [-0.05, 0) is 29.3 Å². The number of hydrogen-bond acceptors (Lipinski definition) is 4. The number of thiophene rings is 1. The lowest BCUT2D eigenvalue weighted by Crippen LogP contribution is -2.43. The van der Waals surface area contributed by atoms with Crippen LogP contribution in [0.5, 0.6) is 0 Å². The van der Waals surface area contributed by atoms with Crippen molar-refractivity contribution in [3.05, 3.63) is 35.0 Å². The van der Waals surface area contributed by atoms with Gasteiger partial charge in [-0.2, -0.15) is 11.3 Å². The van der Waals surface area contributed by atoms with E-state index in [0.29, 0.717) is 13.1 Å². The summed E-state index contributed by atoms with van der Waals surface area (Å²) in [5.41, 5.74) is 0.876. The van der Waals surface area contributed by atoms with Crippen LogP contribution in [0.3, 0.4) is 0 Å². The van der Waals surface area contributed by atoms with Gasteiger partial charge < -0.3 is 15.7 Å². The Hall–Kier alpha value is -1.17. The molecule has 0 fully saturated rings. The van der Waals surface area contributed by atoms with Gasteiger partial charge in [0.1, 0.15) is 0 Å². The first kappa shape index (κ1) is 13.9. The highest BCUT2D eigenvalue weighted by Crippen LogP contribution is 2.15. The molecule has 0 aliphatic carbocycles. The largest absolute Gasteiger partial charge is 0.387 e. The van der Waals surface area contributed by atoms with Gasteiger partial charge in [-0.3, -0.25) is 4.79 Å². The van der Waals surface area contributed by atoms with Crippen molar-refractivity contribution in [3.63, 3.8) is 0 Å². The van der Waals surface area contributed by atoms with E-state index in [9.17, 15) is 9.90 Å². The van der Waals surface area contributed by atoms with E-state index in [1.807, 2.05) is 16.8 Å². The van der Waals surface area contributed by atoms with Gasteiger partial charge >= 0.3 is 0 Å². The second kappa shape index (κ2) is 7.21. The lowest BCUT2D eigenvalue weighted by molar-refractivity contribution is -0.122. The molecular weight excluding hydrogens is 236 g/mol. The first-order chi connectivity index (χ1) is 8.15. The molecule has 17 heavy (non-hydrogen) atoms. The summed E-state index contributed by atoms with van der Waals surface area (Å²) in [6.07, 6.45) is 1.06. The average molecular weight is 254 g/mol. The maximum absolute atomic E-state index is 11.5. The molecule has 0 saturated heterocycles. The molecule has 2 atom stereocenters. The number of nitrogens with one attached hydrogen (secondary N) is 2. The third-order valence-electron chi connectivity index (χ3n) is 2.36. The number of carbonyl (C=O) groups is 1. The van der Waals surface area contributed by atoms with Crippen LogP contribution in [-0.2, 0) is 4.79 Å². The minimum absolute atomic E-state index is 0.0950. The molecule has 0 bridgehead atoms. The van der Waals surface area contributed by atoms with E-state index in [1.54, 1.807) is 24.3 Å². The summed E-state index contributed by atoms with van der Waals surface area (Å²) in [4.78, 5) is 11.5. The predicted molar refractivity (Wildman–Crippen MR) is 70.0 cm³/mol. The van der Waals surface area contributed by atoms with E-state index >= 15 is 0 Å². The maximum atomic E-state index is 11.5. The number of amides is 1. The predicted octanol–water partition coefficient (Wildman–Crippen LogP) is 1.06. The van der Waals surface area contributed by atoms with Gasteiger partial charge in [-0.15, -0.1) is 6.58 Å². The standard InChI is InChI=1S/C12H18N2O2S/c1-3-5-13-12(16)9(2)14-7-11(15)10-4-6-17-8-10/h3-4,6,8-9,11,14-15H,1,5,7H2,2H3,(H,13,16). The monoisotopic (exact) mass is 254 g/mol. The zero-order valence-electron chi connectivity index (χ0n) is 9.85. The molecule has 0 aliphatic rings. The summed E-state index contributed by atoms with van der Waals surface area (Å²) in [6, 6.07) is 1.54. The minimum Gasteiger partial charge on any atom is -0.387 e. The zero-order valence-corrected chi connectivity index (χ0v) is 10.7. The summed E-state index contributed by atoms with van der Waals surface area (Å²) < 4.78 is 0. The van der Waals surface area contributed by atoms with Crippen LogP contribution in [0.2, 0.25) is 0 Å². The van der Waals surface area contributed by atoms with Gasteiger partial charge in [0.2, 0.25) is 5.91 Å². The van der Waals surface area contributed by atoms with Crippen LogP contribution in [0, 0.1) is 0 Å². The average Bonchev–Trinajstić information content (AvgIpc) is 2.86. The first-order valence-electron chi connectivity index (χ1n) is 5.47. The first-order valence-corrected chi connectivity index (χ1v) is 6.41. The Labute approximate surface area is 105 Å². The zero-order chi connectivity index (χ0) is 12.7. The number of aliphatic hydroxyl groups is 1. The molecule has 5 heteroatoms. The quantitative estimate of drug-likeness (QED) is 0.638. The molecule has 0 saturated carbocycles. The highest BCUT2D eigenvalue weighted by molar-refractivity contribution is 7.07. The van der Waals surface area contributed by atoms with Gasteiger partial charge in [0.05, 0.1) is 12.1 Å². The molecule has 1 aromatic rings. The molecule has 3 N–H and O–H groups in total. The Kier molecular flexibility index (Phi) is 5.90. The summed E-state index contributed by atoms with van der Waals surface area (Å²) in [5, 5.41) is 19.3. The van der Waals surface area contributed by atoms with E-state index in [-0.39, 0.29) is 11.9 Å². The molecule has 1 heterocycles. The molecule has 1 aromatic heterocycles. The molecule has 2 unspecified atom stereocenters. The molecule has 0 radical (unpaired) electrons. The SMILES string of the molecule is C=CCNC(=O)C(C)NCC(O)c1ccsc1. The lowest BCUT2D eigenvalue weighted by atomic mass is 10.2. The van der Waals surface area contributed by atoms with E-state index in [4.69, 9.17) is 0 Å². The number of rotatable bonds is 7. The van der Waals surface area contributed by atoms with Gasteiger partial charge in [0.25, 0.3) is 0 Å². The van der Waals surface area contributed by atoms with E-state index in [1.165, 1.54) is 0 Å². The van der Waals surface area contributed by atoms with Crippen molar-refractivity contribution in [1.29, 1.82) is 0 Å². The topological polar surface area (TPSA) is 61.4 Å². The molecule has 1 rings (SSSR count). The van der Waals surface area contributed by atoms with Crippen LogP contribution in [-0.4, -0.2) is 30.1 Å². The van der Waals surface area contributed by atoms with Crippen molar-refractivity contribution in [3.8, 4) is 0 Å². The van der Waals surface area contributed by atoms with Gasteiger partial charge in [0.15, 0.2) is 0 Å². The van der Waals surface area contributed by atoms with Gasteiger partial charge in [-0.1, -0.05) is 6.08 Å². The number of aliphatic hydroxyl groups excluding tert-OH is 1. The molecular formula is C12H18N2O2S. The third kappa shape index (κ3) is 4.68. The Balaban J connectivity index is 2.30. The van der Waals surface area contributed by atoms with Crippen molar-refractivity contribution >= 4 is 17.2 Å². The normalized spacial score (nSPS) is 14.0. The lowest BCUT2D eigenvalue weighted by Gasteiger charge is -2.16. The molecule has 0 spiro atoms. The smallest absolute Gasteiger partial charge is 0.237 e. The molecule has 4 nitrogen and oxygen atoms in total. The molecule has 0 aliphatic heterocycles. The Morgan fingerprint density at radius 1 is 1.71 bits per heavy atom. The van der Waals surface area contributed by atoms with E-state index < -0.39 is 6.10 Å². The highest BCUT2D eigenvalue weighted by Gasteiger charge is 2.14. The molecule has 94 valence electrons. The third-order valence-corrected chi connectivity index (χ3v) is 3.06. The van der Waals surface area contributed by atoms with Crippen molar-refractivity contribution in [2.75, 3.05) is 13.1 Å². The van der Waals surface area contributed by atoms with Crippen LogP contribution in [0.4, 0.5) is 0 Å². The Morgan fingerprint density at radius 3 is 3.06 bits per heavy atom. The van der Waals surface area contributed by atoms with Crippen LogP contribution >= 0.6 is 11.3 Å². The summed E-state index contributed by atoms with van der Waals surface area (Å²) in [6.45, 7) is 6.11. The van der Waals surface area contributed by atoms with E-state index in [2.05, 4.69) is 17.2 Å². The van der Waals surface area contributed by atoms with Crippen LogP contribution in [0.1, 0.15) is 18.6 Å². The Morgan fingerprint density at radius 2 is 2.47 bits per heavy atom. The minimum atomic E-state index is -0.573. The molecule has 0 aromatic carbocycles. The fourth-order valence-corrected chi connectivity index (χ4v) is 2.00. The maximum Gasteiger partial charge on any atom is 0.237 e. The highest BCUT2D eigenvalue weighted by atomic mass is 32.1. The van der Waals surface area contributed by atoms with Gasteiger partial charge in [0, 0.05) is 13.1 Å². The van der Waals surface area contributed by atoms with Gasteiger partial charge in [-0.25, -0.2) is 0 Å². The summed E-state index contributed by atoms with van der Waals surface area (Å²) in [5.74, 6) is -0.0950. The second-order valence-corrected chi connectivity index (χ2v) is 4.52. The van der Waals surface area contributed by atoms with Crippen molar-refractivity contribution in [1.82, 2.24) is 10.6 Å². The second-order valence-electron chi connectivity index (χ2n) is 3.74. The Bertz CT molecular complexity index is 351. The molecule has 1 amide bonds. The fourth-order valence-electron chi connectivity index (χ4n) is 1.29. The van der Waals surface area contributed by atoms with Crippen molar-refractivity contribution in [2.45, 2.75) is 19.1 Å². The number of hydrogen-bond donors (Lipinski definition) is 3. The summed E-state index contributed by atoms with van der Waals surface area (Å²) in [7, 11) is 0.